The first-order valence-electron chi connectivity index (χ1n) is 8.05. The van der Waals surface area contributed by atoms with Gasteiger partial charge in [0, 0.05) is 16.5 Å². The molecule has 4 aromatic rings. The van der Waals surface area contributed by atoms with Crippen LogP contribution >= 0.6 is 11.6 Å². The largest absolute Gasteiger partial charge is 0.507 e. The number of fused-ring (bicyclic) bond motifs is 1. The number of phenolic OH excluding ortho intramolecular Hbond substituents is 1. The fourth-order valence-corrected chi connectivity index (χ4v) is 3.15. The molecule has 0 aliphatic rings. The van der Waals surface area contributed by atoms with Crippen LogP contribution in [-0.2, 0) is 0 Å². The predicted octanol–water partition coefficient (Wildman–Crippen LogP) is 5.41. The number of aromatic hydroxyl groups is 1. The molecule has 2 aromatic heterocycles. The van der Waals surface area contributed by atoms with Gasteiger partial charge in [0.2, 0.25) is 0 Å². The highest BCUT2D eigenvalue weighted by Gasteiger charge is 2.13. The van der Waals surface area contributed by atoms with E-state index in [1.54, 1.807) is 6.07 Å². The highest BCUT2D eigenvalue weighted by atomic mass is 35.5. The number of phenols is 1. The average Bonchev–Trinajstić information content (AvgIpc) is 3.04. The number of aromatic nitrogens is 3. The topological polar surface area (TPSA) is 61.8 Å². The standard InChI is InChI=1S/C20H15ClFN3O/c1-10-7-13(8-11(2)19(10)26)17-6-4-14-18(24-25-20(14)23-17)12-3-5-15(21)16(22)9-12/h3-9,26H,1-2H3,(H,23,24,25). The van der Waals surface area contributed by atoms with Gasteiger partial charge in [0.25, 0.3) is 0 Å². The summed E-state index contributed by atoms with van der Waals surface area (Å²) in [6, 6.07) is 12.2. The van der Waals surface area contributed by atoms with Gasteiger partial charge in [0.1, 0.15) is 11.6 Å². The molecule has 0 radical (unpaired) electrons. The van der Waals surface area contributed by atoms with Crippen LogP contribution in [0, 0.1) is 19.7 Å². The van der Waals surface area contributed by atoms with Crippen LogP contribution in [0.1, 0.15) is 11.1 Å². The lowest BCUT2D eigenvalue weighted by molar-refractivity contribution is 0.467. The number of rotatable bonds is 2. The van der Waals surface area contributed by atoms with Gasteiger partial charge >= 0.3 is 0 Å². The summed E-state index contributed by atoms with van der Waals surface area (Å²) < 4.78 is 13.8. The van der Waals surface area contributed by atoms with Crippen molar-refractivity contribution in [2.75, 3.05) is 0 Å². The lowest BCUT2D eigenvalue weighted by Gasteiger charge is -2.07. The van der Waals surface area contributed by atoms with Crippen molar-refractivity contribution < 1.29 is 9.50 Å². The molecular formula is C20H15ClFN3O. The molecule has 26 heavy (non-hydrogen) atoms. The van der Waals surface area contributed by atoms with E-state index in [1.807, 2.05) is 38.1 Å². The van der Waals surface area contributed by atoms with E-state index in [-0.39, 0.29) is 5.02 Å². The van der Waals surface area contributed by atoms with E-state index in [0.29, 0.717) is 22.7 Å². The number of halogens is 2. The van der Waals surface area contributed by atoms with Gasteiger partial charge < -0.3 is 5.11 Å². The van der Waals surface area contributed by atoms with E-state index in [9.17, 15) is 9.50 Å². The van der Waals surface area contributed by atoms with Crippen LogP contribution in [0.5, 0.6) is 5.75 Å². The first kappa shape index (κ1) is 16.5. The second kappa shape index (κ2) is 6.11. The summed E-state index contributed by atoms with van der Waals surface area (Å²) in [6.45, 7) is 3.71. The third-order valence-corrected chi connectivity index (χ3v) is 4.72. The summed E-state index contributed by atoms with van der Waals surface area (Å²) in [5, 5.41) is 18.0. The molecule has 2 N–H and O–H groups in total. The molecule has 0 saturated heterocycles. The molecule has 4 nitrogen and oxygen atoms in total. The van der Waals surface area contributed by atoms with Crippen LogP contribution in [0.3, 0.4) is 0 Å². The Hall–Kier alpha value is -2.92. The maximum absolute atomic E-state index is 13.8. The minimum atomic E-state index is -0.480. The molecule has 0 aliphatic heterocycles. The van der Waals surface area contributed by atoms with E-state index in [0.717, 1.165) is 27.8 Å². The smallest absolute Gasteiger partial charge is 0.182 e. The number of benzene rings is 2. The average molecular weight is 368 g/mol. The third-order valence-electron chi connectivity index (χ3n) is 4.41. The second-order valence-corrected chi connectivity index (χ2v) is 6.66. The summed E-state index contributed by atoms with van der Waals surface area (Å²) in [4.78, 5) is 4.60. The summed E-state index contributed by atoms with van der Waals surface area (Å²) in [7, 11) is 0. The molecule has 0 unspecified atom stereocenters. The number of H-pyrrole nitrogens is 1. The second-order valence-electron chi connectivity index (χ2n) is 6.25. The molecular weight excluding hydrogens is 353 g/mol. The van der Waals surface area contributed by atoms with Crippen molar-refractivity contribution in [3.63, 3.8) is 0 Å². The van der Waals surface area contributed by atoms with E-state index in [1.165, 1.54) is 12.1 Å². The van der Waals surface area contributed by atoms with Crippen LogP contribution in [0.25, 0.3) is 33.5 Å². The zero-order valence-electron chi connectivity index (χ0n) is 14.1. The molecule has 2 heterocycles. The van der Waals surface area contributed by atoms with Crippen LogP contribution in [-0.4, -0.2) is 20.3 Å². The Morgan fingerprint density at radius 2 is 1.73 bits per heavy atom. The Morgan fingerprint density at radius 3 is 2.42 bits per heavy atom. The van der Waals surface area contributed by atoms with Gasteiger partial charge in [-0.25, -0.2) is 9.37 Å². The van der Waals surface area contributed by atoms with Crippen molar-refractivity contribution in [3.8, 4) is 28.3 Å². The Balaban J connectivity index is 1.82. The van der Waals surface area contributed by atoms with Gasteiger partial charge in [-0.3, -0.25) is 5.10 Å². The number of pyridine rings is 1. The quantitative estimate of drug-likeness (QED) is 0.498. The Bertz CT molecular complexity index is 1130. The van der Waals surface area contributed by atoms with Crippen molar-refractivity contribution in [3.05, 3.63) is 64.4 Å². The highest BCUT2D eigenvalue weighted by molar-refractivity contribution is 6.30. The number of nitrogens with one attached hydrogen (secondary N) is 1. The summed E-state index contributed by atoms with van der Waals surface area (Å²) in [5.74, 6) is -0.187. The summed E-state index contributed by atoms with van der Waals surface area (Å²) in [6.07, 6.45) is 0. The molecule has 0 saturated carbocycles. The van der Waals surface area contributed by atoms with Crippen LogP contribution in [0.15, 0.2) is 42.5 Å². The van der Waals surface area contributed by atoms with Crippen molar-refractivity contribution >= 4 is 22.6 Å². The molecule has 0 fully saturated rings. The zero-order chi connectivity index (χ0) is 18.4. The van der Waals surface area contributed by atoms with E-state index in [2.05, 4.69) is 15.2 Å². The van der Waals surface area contributed by atoms with Crippen LogP contribution in [0.4, 0.5) is 4.39 Å². The van der Waals surface area contributed by atoms with Crippen molar-refractivity contribution in [2.45, 2.75) is 13.8 Å². The Morgan fingerprint density at radius 1 is 1.00 bits per heavy atom. The molecule has 0 atom stereocenters. The molecule has 0 amide bonds. The highest BCUT2D eigenvalue weighted by Crippen LogP contribution is 2.32. The predicted molar refractivity (Wildman–Crippen MR) is 101 cm³/mol. The Kier molecular flexibility index (Phi) is 3.89. The van der Waals surface area contributed by atoms with Gasteiger partial charge in [-0.1, -0.05) is 17.7 Å². The van der Waals surface area contributed by atoms with Gasteiger partial charge in [0.05, 0.1) is 16.4 Å². The van der Waals surface area contributed by atoms with E-state index >= 15 is 0 Å². The Labute approximate surface area is 154 Å². The molecule has 4 rings (SSSR count). The first-order valence-corrected chi connectivity index (χ1v) is 8.43. The molecule has 0 bridgehead atoms. The normalized spacial score (nSPS) is 11.2. The number of aromatic amines is 1. The van der Waals surface area contributed by atoms with Gasteiger partial charge in [0.15, 0.2) is 5.65 Å². The number of nitrogens with zero attached hydrogens (tertiary/aromatic N) is 2. The minimum Gasteiger partial charge on any atom is -0.507 e. The van der Waals surface area contributed by atoms with Crippen molar-refractivity contribution in [2.24, 2.45) is 0 Å². The van der Waals surface area contributed by atoms with Crippen LogP contribution < -0.4 is 0 Å². The fraction of sp³-hybridized carbons (Fsp3) is 0.100. The van der Waals surface area contributed by atoms with Crippen molar-refractivity contribution in [1.29, 1.82) is 0 Å². The van der Waals surface area contributed by atoms with Crippen LogP contribution in [0.2, 0.25) is 5.02 Å². The SMILES string of the molecule is Cc1cc(-c2ccc3c(-c4ccc(Cl)c(F)c4)[nH]nc3n2)cc(C)c1O. The van der Waals surface area contributed by atoms with Gasteiger partial charge in [-0.2, -0.15) is 5.10 Å². The molecule has 6 heteroatoms. The fourth-order valence-electron chi connectivity index (χ4n) is 3.03. The minimum absolute atomic E-state index is 0.0797. The lowest BCUT2D eigenvalue weighted by Crippen LogP contribution is -1.88. The first-order chi connectivity index (χ1) is 12.4. The molecule has 0 spiro atoms. The van der Waals surface area contributed by atoms with Gasteiger partial charge in [-0.05, 0) is 61.4 Å². The zero-order valence-corrected chi connectivity index (χ0v) is 14.9. The summed E-state index contributed by atoms with van der Waals surface area (Å²) in [5.41, 5.74) is 5.12. The number of aryl methyl sites for hydroxylation is 2. The monoisotopic (exact) mass is 367 g/mol. The maximum atomic E-state index is 13.8. The van der Waals surface area contributed by atoms with E-state index < -0.39 is 5.82 Å². The maximum Gasteiger partial charge on any atom is 0.182 e. The molecule has 0 aliphatic carbocycles. The third kappa shape index (κ3) is 2.70. The summed E-state index contributed by atoms with van der Waals surface area (Å²) >= 11 is 5.75. The molecule has 130 valence electrons. The number of hydrogen-bond donors (Lipinski definition) is 2. The van der Waals surface area contributed by atoms with Crippen molar-refractivity contribution in [1.82, 2.24) is 15.2 Å². The lowest BCUT2D eigenvalue weighted by atomic mass is 10.0. The van der Waals surface area contributed by atoms with Gasteiger partial charge in [-0.15, -0.1) is 0 Å². The number of hydrogen-bond acceptors (Lipinski definition) is 3. The molecule has 2 aromatic carbocycles. The van der Waals surface area contributed by atoms with E-state index in [4.69, 9.17) is 11.6 Å².